The molecule has 0 saturated carbocycles. The molecule has 224 valence electrons. The molecule has 0 fully saturated rings. The molecule has 1 aliphatic rings. The van der Waals surface area contributed by atoms with E-state index in [1.165, 1.54) is 104 Å². The highest BCUT2D eigenvalue weighted by Crippen LogP contribution is 2.51. The summed E-state index contributed by atoms with van der Waals surface area (Å²) in [4.78, 5) is 2.49. The Morgan fingerprint density at radius 1 is 0.333 bits per heavy atom. The van der Waals surface area contributed by atoms with Gasteiger partial charge in [0.05, 0.1) is 0 Å². The van der Waals surface area contributed by atoms with E-state index < -0.39 is 0 Å². The normalized spacial score (nSPS) is 13.8. The number of anilines is 3. The SMILES string of the molecule is CC1(C)c2ccccc2-c2ccc(N(c3cc4ccc5cccc6ccc(c3)c4c56)c3cc4ccc5cccc6ccc(c3)c4c56)cc21. The summed E-state index contributed by atoms with van der Waals surface area (Å²) in [6, 6.07) is 57.2. The zero-order valence-electron chi connectivity index (χ0n) is 26.9. The molecule has 0 N–H and O–H groups in total. The first kappa shape index (κ1) is 26.2. The van der Waals surface area contributed by atoms with Crippen LogP contribution in [0.25, 0.3) is 75.8 Å². The van der Waals surface area contributed by atoms with Crippen LogP contribution in [0.3, 0.4) is 0 Å². The fourth-order valence-corrected chi connectivity index (χ4v) is 9.01. The first-order valence-electron chi connectivity index (χ1n) is 16.9. The van der Waals surface area contributed by atoms with E-state index >= 15 is 0 Å². The van der Waals surface area contributed by atoms with Crippen LogP contribution >= 0.6 is 0 Å². The molecule has 0 spiro atoms. The van der Waals surface area contributed by atoms with Gasteiger partial charge in [0.2, 0.25) is 0 Å². The number of nitrogens with zero attached hydrogens (tertiary/aromatic N) is 1. The Morgan fingerprint density at radius 2 is 0.750 bits per heavy atom. The standard InChI is InChI=1S/C47H31N/c1-47(2)41-12-4-3-11-39(41)40-22-21-36(27-42(40)47)48(37-23-32-17-13-28-7-5-8-29-14-18-33(24-37)45(32)43(28)29)38-25-34-19-15-30-9-6-10-31-16-20-35(26-38)46(34)44(30)31/h3-27H,1-2H3. The van der Waals surface area contributed by atoms with Crippen molar-refractivity contribution >= 4 is 81.7 Å². The van der Waals surface area contributed by atoms with E-state index in [4.69, 9.17) is 0 Å². The van der Waals surface area contributed by atoms with Crippen molar-refractivity contribution in [1.29, 1.82) is 0 Å². The molecule has 0 aromatic heterocycles. The maximum absolute atomic E-state index is 2.49. The second-order valence-corrected chi connectivity index (χ2v) is 14.2. The van der Waals surface area contributed by atoms with Gasteiger partial charge in [-0.3, -0.25) is 0 Å². The minimum atomic E-state index is -0.0888. The molecule has 0 aliphatic heterocycles. The highest BCUT2D eigenvalue weighted by molar-refractivity contribution is 6.25. The number of hydrogen-bond donors (Lipinski definition) is 0. The van der Waals surface area contributed by atoms with Crippen LogP contribution in [-0.2, 0) is 5.41 Å². The summed E-state index contributed by atoms with van der Waals surface area (Å²) in [5, 5.41) is 15.6. The molecule has 0 amide bonds. The van der Waals surface area contributed by atoms with Gasteiger partial charge < -0.3 is 4.90 Å². The predicted octanol–water partition coefficient (Wildman–Crippen LogP) is 13.3. The van der Waals surface area contributed by atoms with Crippen LogP contribution < -0.4 is 4.90 Å². The first-order chi connectivity index (χ1) is 23.5. The van der Waals surface area contributed by atoms with Gasteiger partial charge in [-0.25, -0.2) is 0 Å². The summed E-state index contributed by atoms with van der Waals surface area (Å²) in [5.74, 6) is 0. The van der Waals surface area contributed by atoms with Crippen LogP contribution in [0.4, 0.5) is 17.1 Å². The molecule has 11 rings (SSSR count). The van der Waals surface area contributed by atoms with E-state index in [1.807, 2.05) is 0 Å². The molecule has 0 saturated heterocycles. The number of hydrogen-bond acceptors (Lipinski definition) is 1. The fourth-order valence-electron chi connectivity index (χ4n) is 9.01. The lowest BCUT2D eigenvalue weighted by Crippen LogP contribution is -2.16. The minimum Gasteiger partial charge on any atom is -0.310 e. The highest BCUT2D eigenvalue weighted by atomic mass is 15.1. The second kappa shape index (κ2) is 9.12. The third kappa shape index (κ3) is 3.40. The van der Waals surface area contributed by atoms with Gasteiger partial charge in [-0.15, -0.1) is 0 Å². The van der Waals surface area contributed by atoms with Gasteiger partial charge in [-0.05, 0) is 123 Å². The molecule has 1 aliphatic carbocycles. The topological polar surface area (TPSA) is 3.24 Å². The van der Waals surface area contributed by atoms with Crippen molar-refractivity contribution in [2.75, 3.05) is 4.90 Å². The molecule has 10 aromatic rings. The molecule has 0 heterocycles. The third-order valence-electron chi connectivity index (χ3n) is 11.2. The van der Waals surface area contributed by atoms with Crippen LogP contribution in [0.2, 0.25) is 0 Å². The molecule has 1 nitrogen and oxygen atoms in total. The number of rotatable bonds is 3. The van der Waals surface area contributed by atoms with Crippen LogP contribution in [0, 0.1) is 0 Å². The number of benzene rings is 10. The van der Waals surface area contributed by atoms with Crippen molar-refractivity contribution in [3.05, 3.63) is 163 Å². The van der Waals surface area contributed by atoms with Crippen molar-refractivity contribution in [1.82, 2.24) is 0 Å². The van der Waals surface area contributed by atoms with E-state index in [-0.39, 0.29) is 5.41 Å². The Hall–Kier alpha value is -5.92. The molecule has 0 radical (unpaired) electrons. The zero-order chi connectivity index (χ0) is 31.7. The van der Waals surface area contributed by atoms with Gasteiger partial charge in [0, 0.05) is 22.5 Å². The van der Waals surface area contributed by atoms with E-state index in [9.17, 15) is 0 Å². The molecular formula is C47H31N. The maximum Gasteiger partial charge on any atom is 0.0473 e. The minimum absolute atomic E-state index is 0.0888. The summed E-state index contributed by atoms with van der Waals surface area (Å²) < 4.78 is 0. The van der Waals surface area contributed by atoms with Crippen molar-refractivity contribution in [3.8, 4) is 11.1 Å². The maximum atomic E-state index is 2.49. The largest absolute Gasteiger partial charge is 0.310 e. The molecule has 0 unspecified atom stereocenters. The lowest BCUT2D eigenvalue weighted by Gasteiger charge is -2.29. The Balaban J connectivity index is 1.20. The summed E-state index contributed by atoms with van der Waals surface area (Å²) in [6.07, 6.45) is 0. The molecule has 10 aromatic carbocycles. The second-order valence-electron chi connectivity index (χ2n) is 14.2. The summed E-state index contributed by atoms with van der Waals surface area (Å²) in [6.45, 7) is 4.74. The monoisotopic (exact) mass is 609 g/mol. The Bertz CT molecular complexity index is 2650. The van der Waals surface area contributed by atoms with E-state index in [2.05, 4.69) is 170 Å². The molecule has 0 atom stereocenters. The smallest absolute Gasteiger partial charge is 0.0473 e. The lowest BCUT2D eigenvalue weighted by atomic mass is 9.82. The Kier molecular flexibility index (Phi) is 4.97. The van der Waals surface area contributed by atoms with Crippen LogP contribution in [-0.4, -0.2) is 0 Å². The van der Waals surface area contributed by atoms with Gasteiger partial charge in [-0.1, -0.05) is 129 Å². The average Bonchev–Trinajstić information content (AvgIpc) is 3.35. The van der Waals surface area contributed by atoms with Gasteiger partial charge in [0.15, 0.2) is 0 Å². The summed E-state index contributed by atoms with van der Waals surface area (Å²) in [7, 11) is 0. The first-order valence-corrected chi connectivity index (χ1v) is 16.9. The summed E-state index contributed by atoms with van der Waals surface area (Å²) in [5.41, 5.74) is 8.89. The Labute approximate surface area is 278 Å². The van der Waals surface area contributed by atoms with E-state index in [0.717, 1.165) is 0 Å². The average molecular weight is 610 g/mol. The molecule has 1 heteroatoms. The lowest BCUT2D eigenvalue weighted by molar-refractivity contribution is 0.660. The van der Waals surface area contributed by atoms with Gasteiger partial charge in [0.1, 0.15) is 0 Å². The predicted molar refractivity (Wildman–Crippen MR) is 206 cm³/mol. The van der Waals surface area contributed by atoms with Gasteiger partial charge >= 0.3 is 0 Å². The summed E-state index contributed by atoms with van der Waals surface area (Å²) >= 11 is 0. The van der Waals surface area contributed by atoms with Crippen LogP contribution in [0.15, 0.2) is 152 Å². The van der Waals surface area contributed by atoms with Crippen molar-refractivity contribution in [2.45, 2.75) is 19.3 Å². The molecular weight excluding hydrogens is 579 g/mol. The van der Waals surface area contributed by atoms with Gasteiger partial charge in [-0.2, -0.15) is 0 Å². The van der Waals surface area contributed by atoms with Crippen molar-refractivity contribution in [2.24, 2.45) is 0 Å². The molecule has 0 bridgehead atoms. The van der Waals surface area contributed by atoms with E-state index in [0.29, 0.717) is 0 Å². The van der Waals surface area contributed by atoms with Gasteiger partial charge in [0.25, 0.3) is 0 Å². The van der Waals surface area contributed by atoms with Crippen molar-refractivity contribution in [3.63, 3.8) is 0 Å². The quantitative estimate of drug-likeness (QED) is 0.180. The third-order valence-corrected chi connectivity index (χ3v) is 11.2. The highest BCUT2D eigenvalue weighted by Gasteiger charge is 2.35. The van der Waals surface area contributed by atoms with E-state index in [1.54, 1.807) is 0 Å². The Morgan fingerprint density at radius 3 is 1.25 bits per heavy atom. The fraction of sp³-hybridized carbons (Fsp3) is 0.0638. The molecule has 48 heavy (non-hydrogen) atoms. The van der Waals surface area contributed by atoms with Crippen LogP contribution in [0.1, 0.15) is 25.0 Å². The van der Waals surface area contributed by atoms with Crippen molar-refractivity contribution < 1.29 is 0 Å². The number of fused-ring (bicyclic) bond motifs is 3. The zero-order valence-corrected chi connectivity index (χ0v) is 26.9. The van der Waals surface area contributed by atoms with Crippen LogP contribution in [0.5, 0.6) is 0 Å².